The van der Waals surface area contributed by atoms with Crippen molar-refractivity contribution in [2.24, 2.45) is 0 Å². The Morgan fingerprint density at radius 3 is 2.19 bits per heavy atom. The third-order valence-corrected chi connectivity index (χ3v) is 5.38. The van der Waals surface area contributed by atoms with E-state index in [1.807, 2.05) is 30.3 Å². The quantitative estimate of drug-likeness (QED) is 0.797. The van der Waals surface area contributed by atoms with Crippen molar-refractivity contribution in [3.63, 3.8) is 0 Å². The summed E-state index contributed by atoms with van der Waals surface area (Å²) in [6, 6.07) is 14.9. The predicted octanol–water partition coefficient (Wildman–Crippen LogP) is 4.37. The molecule has 4 rings (SSSR count). The summed E-state index contributed by atoms with van der Waals surface area (Å²) in [5.41, 5.74) is 0.615. The van der Waals surface area contributed by atoms with Gasteiger partial charge in [-0.3, -0.25) is 9.69 Å². The zero-order valence-electron chi connectivity index (χ0n) is 14.8. The summed E-state index contributed by atoms with van der Waals surface area (Å²) in [5.74, 6) is -0.215. The standard InChI is InChI=1S/C21H21F3N2O/c22-21(23,24)17-8-6-16(7-9-17)20(27)26-13-12-25(18-10-11-18)14-19(26)15-4-2-1-3-5-15/h1-9,18-19H,10-14H2. The summed E-state index contributed by atoms with van der Waals surface area (Å²) in [6.07, 6.45) is -1.99. The maximum Gasteiger partial charge on any atom is 0.416 e. The van der Waals surface area contributed by atoms with Crippen LogP contribution >= 0.6 is 0 Å². The summed E-state index contributed by atoms with van der Waals surface area (Å²) in [4.78, 5) is 17.3. The molecular weight excluding hydrogens is 353 g/mol. The molecule has 1 unspecified atom stereocenters. The Hall–Kier alpha value is -2.34. The van der Waals surface area contributed by atoms with Gasteiger partial charge in [0.25, 0.3) is 5.91 Å². The van der Waals surface area contributed by atoms with E-state index in [0.717, 1.165) is 30.8 Å². The van der Waals surface area contributed by atoms with E-state index in [0.29, 0.717) is 18.2 Å². The fourth-order valence-corrected chi connectivity index (χ4v) is 3.75. The van der Waals surface area contributed by atoms with E-state index in [1.165, 1.54) is 25.0 Å². The second-order valence-corrected chi connectivity index (χ2v) is 7.23. The van der Waals surface area contributed by atoms with Crippen LogP contribution in [0.15, 0.2) is 54.6 Å². The number of carbonyl (C=O) groups is 1. The highest BCUT2D eigenvalue weighted by Gasteiger charge is 2.38. The first-order valence-corrected chi connectivity index (χ1v) is 9.21. The lowest BCUT2D eigenvalue weighted by Crippen LogP contribution is -2.51. The molecule has 2 aliphatic rings. The van der Waals surface area contributed by atoms with Crippen molar-refractivity contribution >= 4 is 5.91 Å². The van der Waals surface area contributed by atoms with Gasteiger partial charge in [0.05, 0.1) is 11.6 Å². The molecule has 1 heterocycles. The number of rotatable bonds is 3. The highest BCUT2D eigenvalue weighted by molar-refractivity contribution is 5.94. The second-order valence-electron chi connectivity index (χ2n) is 7.23. The summed E-state index contributed by atoms with van der Waals surface area (Å²) in [5, 5.41) is 0. The Morgan fingerprint density at radius 1 is 0.926 bits per heavy atom. The molecule has 27 heavy (non-hydrogen) atoms. The molecule has 0 bridgehead atoms. The third kappa shape index (κ3) is 3.86. The van der Waals surface area contributed by atoms with Crippen LogP contribution in [-0.2, 0) is 6.18 Å². The monoisotopic (exact) mass is 374 g/mol. The lowest BCUT2D eigenvalue weighted by Gasteiger charge is -2.42. The maximum absolute atomic E-state index is 13.1. The molecule has 0 aromatic heterocycles. The molecule has 0 spiro atoms. The van der Waals surface area contributed by atoms with Gasteiger partial charge in [-0.05, 0) is 42.7 Å². The van der Waals surface area contributed by atoms with Gasteiger partial charge >= 0.3 is 6.18 Å². The molecule has 1 amide bonds. The Balaban J connectivity index is 1.58. The summed E-state index contributed by atoms with van der Waals surface area (Å²) >= 11 is 0. The number of carbonyl (C=O) groups excluding carboxylic acids is 1. The Labute approximate surface area is 156 Å². The summed E-state index contributed by atoms with van der Waals surface area (Å²) in [6.45, 7) is 2.15. The SMILES string of the molecule is O=C(c1ccc(C(F)(F)F)cc1)N1CCN(C2CC2)CC1c1ccccc1. The molecule has 1 aliphatic carbocycles. The number of hydrogen-bond acceptors (Lipinski definition) is 2. The fraction of sp³-hybridized carbons (Fsp3) is 0.381. The predicted molar refractivity (Wildman–Crippen MR) is 96.3 cm³/mol. The van der Waals surface area contributed by atoms with Crippen LogP contribution in [0.25, 0.3) is 0 Å². The molecule has 1 saturated carbocycles. The van der Waals surface area contributed by atoms with Crippen molar-refractivity contribution in [2.75, 3.05) is 19.6 Å². The molecule has 3 nitrogen and oxygen atoms in total. The Kier molecular flexibility index (Phi) is 4.68. The van der Waals surface area contributed by atoms with E-state index in [-0.39, 0.29) is 11.9 Å². The highest BCUT2D eigenvalue weighted by Crippen LogP contribution is 2.34. The van der Waals surface area contributed by atoms with Crippen LogP contribution in [0.1, 0.15) is 40.4 Å². The average molecular weight is 374 g/mol. The minimum absolute atomic E-state index is 0.0876. The highest BCUT2D eigenvalue weighted by atomic mass is 19.4. The van der Waals surface area contributed by atoms with Crippen molar-refractivity contribution < 1.29 is 18.0 Å². The first-order chi connectivity index (χ1) is 12.9. The number of benzene rings is 2. The van der Waals surface area contributed by atoms with Crippen molar-refractivity contribution in [1.29, 1.82) is 0 Å². The number of piperazine rings is 1. The molecule has 2 aromatic rings. The topological polar surface area (TPSA) is 23.6 Å². The van der Waals surface area contributed by atoms with Gasteiger partial charge in [0, 0.05) is 31.2 Å². The normalized spacial score (nSPS) is 21.3. The van der Waals surface area contributed by atoms with Crippen molar-refractivity contribution in [3.05, 3.63) is 71.3 Å². The summed E-state index contributed by atoms with van der Waals surface area (Å²) in [7, 11) is 0. The molecule has 1 aliphatic heterocycles. The van der Waals surface area contributed by atoms with Crippen LogP contribution in [0.5, 0.6) is 0 Å². The van der Waals surface area contributed by atoms with E-state index < -0.39 is 11.7 Å². The largest absolute Gasteiger partial charge is 0.416 e. The lowest BCUT2D eigenvalue weighted by molar-refractivity contribution is -0.137. The minimum atomic E-state index is -4.40. The van der Waals surface area contributed by atoms with Gasteiger partial charge in [-0.25, -0.2) is 0 Å². The van der Waals surface area contributed by atoms with Gasteiger partial charge in [-0.1, -0.05) is 30.3 Å². The molecule has 0 radical (unpaired) electrons. The molecule has 1 saturated heterocycles. The zero-order chi connectivity index (χ0) is 19.0. The van der Waals surface area contributed by atoms with Crippen molar-refractivity contribution in [2.45, 2.75) is 31.1 Å². The first-order valence-electron chi connectivity index (χ1n) is 9.21. The van der Waals surface area contributed by atoms with Crippen molar-refractivity contribution in [1.82, 2.24) is 9.80 Å². The third-order valence-electron chi connectivity index (χ3n) is 5.38. The van der Waals surface area contributed by atoms with Gasteiger partial charge in [0.2, 0.25) is 0 Å². The van der Waals surface area contributed by atoms with Crippen LogP contribution in [0.3, 0.4) is 0 Å². The number of amides is 1. The van der Waals surface area contributed by atoms with Crippen LogP contribution in [0, 0.1) is 0 Å². The first kappa shape index (κ1) is 18.0. The number of hydrogen-bond donors (Lipinski definition) is 0. The van der Waals surface area contributed by atoms with E-state index >= 15 is 0 Å². The van der Waals surface area contributed by atoms with Crippen LogP contribution < -0.4 is 0 Å². The van der Waals surface area contributed by atoms with Gasteiger partial charge in [0.15, 0.2) is 0 Å². The van der Waals surface area contributed by atoms with E-state index in [4.69, 9.17) is 0 Å². The Bertz CT molecular complexity index is 800. The zero-order valence-corrected chi connectivity index (χ0v) is 14.8. The number of halogens is 3. The number of alkyl halides is 3. The lowest BCUT2D eigenvalue weighted by atomic mass is 10.0. The van der Waals surface area contributed by atoms with Gasteiger partial charge in [-0.2, -0.15) is 13.2 Å². The average Bonchev–Trinajstić information content (AvgIpc) is 3.52. The van der Waals surface area contributed by atoms with Gasteiger partial charge in [0.1, 0.15) is 0 Å². The Morgan fingerprint density at radius 2 is 1.59 bits per heavy atom. The molecule has 142 valence electrons. The molecular formula is C21H21F3N2O. The molecule has 2 fully saturated rings. The maximum atomic E-state index is 13.1. The second kappa shape index (κ2) is 7.00. The molecule has 6 heteroatoms. The fourth-order valence-electron chi connectivity index (χ4n) is 3.75. The van der Waals surface area contributed by atoms with Crippen LogP contribution in [0.4, 0.5) is 13.2 Å². The van der Waals surface area contributed by atoms with Crippen LogP contribution in [-0.4, -0.2) is 41.4 Å². The minimum Gasteiger partial charge on any atom is -0.329 e. The van der Waals surface area contributed by atoms with Gasteiger partial charge < -0.3 is 4.90 Å². The molecule has 2 aromatic carbocycles. The molecule has 0 N–H and O–H groups in total. The summed E-state index contributed by atoms with van der Waals surface area (Å²) < 4.78 is 38.3. The van der Waals surface area contributed by atoms with E-state index in [9.17, 15) is 18.0 Å². The van der Waals surface area contributed by atoms with Crippen molar-refractivity contribution in [3.8, 4) is 0 Å². The smallest absolute Gasteiger partial charge is 0.329 e. The van der Waals surface area contributed by atoms with Crippen LogP contribution in [0.2, 0.25) is 0 Å². The van der Waals surface area contributed by atoms with E-state index in [2.05, 4.69) is 4.90 Å². The molecule has 1 atom stereocenters. The van der Waals surface area contributed by atoms with Gasteiger partial charge in [-0.15, -0.1) is 0 Å². The number of nitrogens with zero attached hydrogens (tertiary/aromatic N) is 2. The van der Waals surface area contributed by atoms with E-state index in [1.54, 1.807) is 4.90 Å².